The summed E-state index contributed by atoms with van der Waals surface area (Å²) in [6.45, 7) is 0. The lowest BCUT2D eigenvalue weighted by molar-refractivity contribution is 0.397. The van der Waals surface area contributed by atoms with Crippen molar-refractivity contribution < 1.29 is 4.74 Å². The number of ether oxygens (including phenoxy) is 1. The van der Waals surface area contributed by atoms with Gasteiger partial charge in [0, 0.05) is 6.07 Å². The summed E-state index contributed by atoms with van der Waals surface area (Å²) in [6.07, 6.45) is 1.39. The van der Waals surface area contributed by atoms with Crippen LogP contribution in [-0.4, -0.2) is 26.4 Å². The first kappa shape index (κ1) is 9.29. The van der Waals surface area contributed by atoms with E-state index in [0.29, 0.717) is 21.9 Å². The smallest absolute Gasteiger partial charge is 0.216 e. The van der Waals surface area contributed by atoms with Crippen LogP contribution in [0.1, 0.15) is 0 Å². The van der Waals surface area contributed by atoms with E-state index in [1.807, 2.05) is 0 Å². The van der Waals surface area contributed by atoms with Crippen molar-refractivity contribution in [2.24, 2.45) is 0 Å². The van der Waals surface area contributed by atoms with Crippen LogP contribution in [0, 0.1) is 0 Å². The second-order valence-corrected chi connectivity index (χ2v) is 3.65. The Morgan fingerprint density at radius 1 is 1.43 bits per heavy atom. The quantitative estimate of drug-likeness (QED) is 0.782. The molecule has 0 saturated carbocycles. The highest BCUT2D eigenvalue weighted by atomic mass is 35.5. The molecule has 2 aromatic heterocycles. The molecule has 0 aliphatic heterocycles. The van der Waals surface area contributed by atoms with E-state index in [1.54, 1.807) is 6.07 Å². The zero-order valence-corrected chi connectivity index (χ0v) is 8.71. The predicted molar refractivity (Wildman–Crippen MR) is 52.5 cm³/mol. The number of methoxy groups -OCH3 is 1. The van der Waals surface area contributed by atoms with Gasteiger partial charge in [0.2, 0.25) is 10.3 Å². The molecule has 2 rings (SSSR count). The summed E-state index contributed by atoms with van der Waals surface area (Å²) in [6, 6.07) is 1.65. The summed E-state index contributed by atoms with van der Waals surface area (Å²) in [7, 11) is 1.54. The maximum Gasteiger partial charge on any atom is 0.216 e. The number of rotatable bonds is 2. The molecule has 5 nitrogen and oxygen atoms in total. The van der Waals surface area contributed by atoms with E-state index < -0.39 is 0 Å². The van der Waals surface area contributed by atoms with Gasteiger partial charge in [-0.15, -0.1) is 0 Å². The Balaban J connectivity index is 2.41. The van der Waals surface area contributed by atoms with Crippen molar-refractivity contribution in [2.45, 2.75) is 0 Å². The SMILES string of the molecule is COc1cc(-c2nsc(Cl)n2)ncn1. The number of halogens is 1. The molecule has 2 aromatic rings. The van der Waals surface area contributed by atoms with Crippen molar-refractivity contribution in [3.05, 3.63) is 16.9 Å². The number of nitrogens with zero attached hydrogens (tertiary/aromatic N) is 4. The van der Waals surface area contributed by atoms with Crippen LogP contribution in [0.15, 0.2) is 12.4 Å². The molecule has 0 aromatic carbocycles. The lowest BCUT2D eigenvalue weighted by Crippen LogP contribution is -1.91. The molecule has 0 aliphatic rings. The van der Waals surface area contributed by atoms with Crippen LogP contribution in [0.5, 0.6) is 5.88 Å². The van der Waals surface area contributed by atoms with E-state index >= 15 is 0 Å². The molecule has 7 heteroatoms. The topological polar surface area (TPSA) is 60.8 Å². The molecule has 2 heterocycles. The predicted octanol–water partition coefficient (Wildman–Crippen LogP) is 1.66. The molecule has 72 valence electrons. The third kappa shape index (κ3) is 1.80. The Morgan fingerprint density at radius 3 is 2.93 bits per heavy atom. The third-order valence-electron chi connectivity index (χ3n) is 1.48. The lowest BCUT2D eigenvalue weighted by atomic mass is 10.4. The molecule has 0 fully saturated rings. The van der Waals surface area contributed by atoms with Gasteiger partial charge in [-0.25, -0.2) is 15.0 Å². The van der Waals surface area contributed by atoms with Gasteiger partial charge in [-0.3, -0.25) is 0 Å². The largest absolute Gasteiger partial charge is 0.481 e. The second-order valence-electron chi connectivity index (χ2n) is 2.32. The third-order valence-corrected chi connectivity index (χ3v) is 2.28. The molecular formula is C7H5ClN4OS. The van der Waals surface area contributed by atoms with Gasteiger partial charge in [0.15, 0.2) is 5.82 Å². The van der Waals surface area contributed by atoms with Gasteiger partial charge in [0.05, 0.1) is 7.11 Å². The van der Waals surface area contributed by atoms with Crippen LogP contribution >= 0.6 is 23.1 Å². The maximum atomic E-state index is 5.65. The van der Waals surface area contributed by atoms with E-state index in [-0.39, 0.29) is 0 Å². The Labute approximate surface area is 88.9 Å². The molecule has 14 heavy (non-hydrogen) atoms. The van der Waals surface area contributed by atoms with Gasteiger partial charge in [-0.2, -0.15) is 4.37 Å². The normalized spacial score (nSPS) is 10.1. The summed E-state index contributed by atoms with van der Waals surface area (Å²) in [5.41, 5.74) is 0.597. The van der Waals surface area contributed by atoms with Crippen molar-refractivity contribution in [3.63, 3.8) is 0 Å². The van der Waals surface area contributed by atoms with Crippen molar-refractivity contribution in [1.29, 1.82) is 0 Å². The average molecular weight is 229 g/mol. The van der Waals surface area contributed by atoms with Crippen molar-refractivity contribution in [1.82, 2.24) is 19.3 Å². The highest BCUT2D eigenvalue weighted by Gasteiger charge is 2.07. The van der Waals surface area contributed by atoms with Crippen LogP contribution < -0.4 is 4.74 Å². The van der Waals surface area contributed by atoms with E-state index in [1.165, 1.54) is 13.4 Å². The minimum atomic E-state index is 0.387. The summed E-state index contributed by atoms with van der Waals surface area (Å²) in [5, 5.41) is 0. The summed E-state index contributed by atoms with van der Waals surface area (Å²) in [5.74, 6) is 0.960. The van der Waals surface area contributed by atoms with E-state index in [0.717, 1.165) is 11.5 Å². The van der Waals surface area contributed by atoms with Crippen molar-refractivity contribution in [2.75, 3.05) is 7.11 Å². The molecule has 0 N–H and O–H groups in total. The van der Waals surface area contributed by atoms with E-state index in [9.17, 15) is 0 Å². The fourth-order valence-corrected chi connectivity index (χ4v) is 1.49. The average Bonchev–Trinajstić information content (AvgIpc) is 2.65. The Bertz CT molecular complexity index is 447. The minimum absolute atomic E-state index is 0.387. The molecule has 0 unspecified atom stereocenters. The van der Waals surface area contributed by atoms with Crippen LogP contribution in [0.4, 0.5) is 0 Å². The summed E-state index contributed by atoms with van der Waals surface area (Å²) >= 11 is 6.77. The first-order valence-corrected chi connectivity index (χ1v) is 4.80. The lowest BCUT2D eigenvalue weighted by Gasteiger charge is -1.98. The Morgan fingerprint density at radius 2 is 2.29 bits per heavy atom. The van der Waals surface area contributed by atoms with Crippen molar-refractivity contribution >= 4 is 23.1 Å². The van der Waals surface area contributed by atoms with Crippen LogP contribution in [0.25, 0.3) is 11.5 Å². The van der Waals surface area contributed by atoms with Gasteiger partial charge in [0.1, 0.15) is 12.0 Å². The molecule has 0 amide bonds. The van der Waals surface area contributed by atoms with Crippen LogP contribution in [0.3, 0.4) is 0 Å². The molecule has 0 spiro atoms. The monoisotopic (exact) mass is 228 g/mol. The first-order chi connectivity index (χ1) is 6.79. The minimum Gasteiger partial charge on any atom is -0.481 e. The van der Waals surface area contributed by atoms with Gasteiger partial charge < -0.3 is 4.74 Å². The zero-order valence-electron chi connectivity index (χ0n) is 7.14. The van der Waals surface area contributed by atoms with Gasteiger partial charge in [-0.05, 0) is 23.1 Å². The number of hydrogen-bond donors (Lipinski definition) is 0. The number of hydrogen-bond acceptors (Lipinski definition) is 6. The van der Waals surface area contributed by atoms with Gasteiger partial charge in [-0.1, -0.05) is 0 Å². The Hall–Kier alpha value is -1.27. The highest BCUT2D eigenvalue weighted by Crippen LogP contribution is 2.20. The highest BCUT2D eigenvalue weighted by molar-refractivity contribution is 7.10. The van der Waals surface area contributed by atoms with Gasteiger partial charge in [0.25, 0.3) is 0 Å². The number of aromatic nitrogens is 4. The molecule has 0 saturated heterocycles. The fraction of sp³-hybridized carbons (Fsp3) is 0.143. The van der Waals surface area contributed by atoms with E-state index in [2.05, 4.69) is 19.3 Å². The second kappa shape index (κ2) is 3.85. The molecule has 0 radical (unpaired) electrons. The molecular weight excluding hydrogens is 224 g/mol. The zero-order chi connectivity index (χ0) is 9.97. The van der Waals surface area contributed by atoms with E-state index in [4.69, 9.17) is 16.3 Å². The maximum absolute atomic E-state index is 5.65. The molecule has 0 atom stereocenters. The Kier molecular flexibility index (Phi) is 2.55. The molecule has 0 aliphatic carbocycles. The van der Waals surface area contributed by atoms with Crippen LogP contribution in [0.2, 0.25) is 4.47 Å². The van der Waals surface area contributed by atoms with Gasteiger partial charge >= 0.3 is 0 Å². The van der Waals surface area contributed by atoms with Crippen molar-refractivity contribution in [3.8, 4) is 17.4 Å². The standard InChI is InChI=1S/C7H5ClN4OS/c1-13-5-2-4(9-3-10-5)6-11-7(8)14-12-6/h2-3H,1H3. The summed E-state index contributed by atoms with van der Waals surface area (Å²) < 4.78 is 9.35. The first-order valence-electron chi connectivity index (χ1n) is 3.65. The summed E-state index contributed by atoms with van der Waals surface area (Å²) in [4.78, 5) is 11.9. The molecule has 0 bridgehead atoms. The fourth-order valence-electron chi connectivity index (χ4n) is 0.882. The van der Waals surface area contributed by atoms with Crippen LogP contribution in [-0.2, 0) is 0 Å².